The Labute approximate surface area is 100 Å². The monoisotopic (exact) mass is 235 g/mol. The minimum atomic E-state index is 0.407. The van der Waals surface area contributed by atoms with Crippen LogP contribution in [0.25, 0.3) is 0 Å². The van der Waals surface area contributed by atoms with E-state index in [9.17, 15) is 0 Å². The number of nitrogens with zero attached hydrogens (tertiary/aromatic N) is 2. The molecule has 86 valence electrons. The van der Waals surface area contributed by atoms with Gasteiger partial charge in [-0.3, -0.25) is 4.68 Å². The van der Waals surface area contributed by atoms with Crippen LogP contribution < -0.4 is 5.32 Å². The van der Waals surface area contributed by atoms with Crippen LogP contribution in [-0.4, -0.2) is 9.78 Å². The van der Waals surface area contributed by atoms with Crippen LogP contribution in [0.15, 0.2) is 29.9 Å². The molecule has 2 rings (SSSR count). The van der Waals surface area contributed by atoms with Crippen molar-refractivity contribution in [3.05, 3.63) is 40.3 Å². The van der Waals surface area contributed by atoms with Crippen molar-refractivity contribution in [2.45, 2.75) is 33.0 Å². The molecule has 0 aromatic carbocycles. The molecule has 4 heteroatoms. The first kappa shape index (κ1) is 11.4. The molecule has 0 radical (unpaired) electrons. The van der Waals surface area contributed by atoms with Gasteiger partial charge in [0, 0.05) is 35.8 Å². The summed E-state index contributed by atoms with van der Waals surface area (Å²) in [4.78, 5) is 1.38. The van der Waals surface area contributed by atoms with Crippen molar-refractivity contribution in [1.82, 2.24) is 15.1 Å². The van der Waals surface area contributed by atoms with E-state index in [1.807, 2.05) is 10.9 Å². The molecule has 3 nitrogen and oxygen atoms in total. The van der Waals surface area contributed by atoms with Gasteiger partial charge >= 0.3 is 0 Å². The molecule has 1 unspecified atom stereocenters. The van der Waals surface area contributed by atoms with Crippen molar-refractivity contribution in [2.75, 3.05) is 0 Å². The SMILES string of the molecule is CCn1cc(CNC(C)c2cccs2)cn1. The van der Waals surface area contributed by atoms with Crippen molar-refractivity contribution < 1.29 is 0 Å². The number of hydrogen-bond acceptors (Lipinski definition) is 3. The van der Waals surface area contributed by atoms with Crippen molar-refractivity contribution in [3.8, 4) is 0 Å². The molecule has 1 N–H and O–H groups in total. The van der Waals surface area contributed by atoms with E-state index >= 15 is 0 Å². The molecule has 2 aromatic heterocycles. The van der Waals surface area contributed by atoms with Gasteiger partial charge in [-0.25, -0.2) is 0 Å². The molecular weight excluding hydrogens is 218 g/mol. The van der Waals surface area contributed by atoms with Crippen LogP contribution in [0.4, 0.5) is 0 Å². The summed E-state index contributed by atoms with van der Waals surface area (Å²) in [6.07, 6.45) is 4.02. The van der Waals surface area contributed by atoms with Gasteiger partial charge in [-0.1, -0.05) is 6.07 Å². The molecule has 0 saturated heterocycles. The van der Waals surface area contributed by atoms with Crippen LogP contribution in [0.3, 0.4) is 0 Å². The van der Waals surface area contributed by atoms with Gasteiger partial charge < -0.3 is 5.32 Å². The largest absolute Gasteiger partial charge is 0.305 e. The van der Waals surface area contributed by atoms with Crippen LogP contribution in [0.5, 0.6) is 0 Å². The first-order chi connectivity index (χ1) is 7.79. The molecular formula is C12H17N3S. The Balaban J connectivity index is 1.87. The van der Waals surface area contributed by atoms with Crippen molar-refractivity contribution in [1.29, 1.82) is 0 Å². The summed E-state index contributed by atoms with van der Waals surface area (Å²) in [6, 6.07) is 4.66. The van der Waals surface area contributed by atoms with E-state index in [1.165, 1.54) is 10.4 Å². The summed E-state index contributed by atoms with van der Waals surface area (Å²) in [5.74, 6) is 0. The van der Waals surface area contributed by atoms with Crippen molar-refractivity contribution in [2.24, 2.45) is 0 Å². The first-order valence-corrected chi connectivity index (χ1v) is 6.45. The van der Waals surface area contributed by atoms with E-state index in [1.54, 1.807) is 11.3 Å². The number of rotatable bonds is 5. The molecule has 0 aliphatic heterocycles. The van der Waals surface area contributed by atoms with Crippen LogP contribution in [0.1, 0.15) is 30.3 Å². The summed E-state index contributed by atoms with van der Waals surface area (Å²) < 4.78 is 1.95. The maximum atomic E-state index is 4.25. The Morgan fingerprint density at radius 3 is 3.06 bits per heavy atom. The Morgan fingerprint density at radius 2 is 2.44 bits per heavy atom. The number of aryl methyl sites for hydroxylation is 1. The van der Waals surface area contributed by atoms with E-state index in [4.69, 9.17) is 0 Å². The van der Waals surface area contributed by atoms with Gasteiger partial charge in [-0.2, -0.15) is 5.10 Å². The molecule has 0 spiro atoms. The summed E-state index contributed by atoms with van der Waals surface area (Å²) in [5, 5.41) is 9.86. The van der Waals surface area contributed by atoms with Crippen LogP contribution in [-0.2, 0) is 13.1 Å². The Morgan fingerprint density at radius 1 is 1.56 bits per heavy atom. The predicted octanol–water partition coefficient (Wildman–Crippen LogP) is 2.82. The molecule has 1 atom stereocenters. The lowest BCUT2D eigenvalue weighted by atomic mass is 10.2. The number of thiophene rings is 1. The number of hydrogen-bond donors (Lipinski definition) is 1. The average molecular weight is 235 g/mol. The fraction of sp³-hybridized carbons (Fsp3) is 0.417. The highest BCUT2D eigenvalue weighted by atomic mass is 32.1. The van der Waals surface area contributed by atoms with Crippen molar-refractivity contribution in [3.63, 3.8) is 0 Å². The summed E-state index contributed by atoms with van der Waals surface area (Å²) >= 11 is 1.79. The Bertz CT molecular complexity index is 419. The maximum absolute atomic E-state index is 4.25. The number of aromatic nitrogens is 2. The fourth-order valence-corrected chi connectivity index (χ4v) is 2.34. The third-order valence-corrected chi connectivity index (χ3v) is 3.65. The molecule has 0 saturated carbocycles. The second-order valence-corrected chi connectivity index (χ2v) is 4.80. The van der Waals surface area contributed by atoms with Crippen LogP contribution in [0, 0.1) is 0 Å². The van der Waals surface area contributed by atoms with Crippen molar-refractivity contribution >= 4 is 11.3 Å². The van der Waals surface area contributed by atoms with E-state index in [0.717, 1.165) is 13.1 Å². The lowest BCUT2D eigenvalue weighted by Gasteiger charge is -2.10. The van der Waals surface area contributed by atoms with E-state index < -0.39 is 0 Å². The molecule has 0 aliphatic rings. The van der Waals surface area contributed by atoms with Crippen LogP contribution in [0.2, 0.25) is 0 Å². The van der Waals surface area contributed by atoms with Gasteiger partial charge in [0.2, 0.25) is 0 Å². The molecule has 0 fully saturated rings. The Kier molecular flexibility index (Phi) is 3.74. The summed E-state index contributed by atoms with van der Waals surface area (Å²) in [6.45, 7) is 6.09. The second kappa shape index (κ2) is 5.27. The van der Waals surface area contributed by atoms with Gasteiger partial charge in [-0.15, -0.1) is 11.3 Å². The van der Waals surface area contributed by atoms with Crippen LogP contribution >= 0.6 is 11.3 Å². The lowest BCUT2D eigenvalue weighted by Crippen LogP contribution is -2.16. The molecule has 0 aliphatic carbocycles. The third kappa shape index (κ3) is 2.71. The smallest absolute Gasteiger partial charge is 0.0534 e. The van der Waals surface area contributed by atoms with E-state index in [-0.39, 0.29) is 0 Å². The van der Waals surface area contributed by atoms with Gasteiger partial charge in [-0.05, 0) is 25.3 Å². The highest BCUT2D eigenvalue weighted by molar-refractivity contribution is 7.10. The average Bonchev–Trinajstić information content (AvgIpc) is 2.96. The number of nitrogens with one attached hydrogen (secondary N) is 1. The third-order valence-electron chi connectivity index (χ3n) is 2.59. The topological polar surface area (TPSA) is 29.9 Å². The zero-order valence-corrected chi connectivity index (χ0v) is 10.5. The first-order valence-electron chi connectivity index (χ1n) is 5.57. The molecule has 2 aromatic rings. The quantitative estimate of drug-likeness (QED) is 0.863. The molecule has 16 heavy (non-hydrogen) atoms. The van der Waals surface area contributed by atoms with Gasteiger partial charge in [0.1, 0.15) is 0 Å². The normalized spacial score (nSPS) is 12.9. The molecule has 0 amide bonds. The van der Waals surface area contributed by atoms with E-state index in [0.29, 0.717) is 6.04 Å². The minimum Gasteiger partial charge on any atom is -0.305 e. The minimum absolute atomic E-state index is 0.407. The highest BCUT2D eigenvalue weighted by Crippen LogP contribution is 2.18. The van der Waals surface area contributed by atoms with Gasteiger partial charge in [0.05, 0.1) is 6.20 Å². The zero-order chi connectivity index (χ0) is 11.4. The Hall–Kier alpha value is -1.13. The predicted molar refractivity (Wildman–Crippen MR) is 67.5 cm³/mol. The van der Waals surface area contributed by atoms with E-state index in [2.05, 4.69) is 48.0 Å². The van der Waals surface area contributed by atoms with Gasteiger partial charge in [0.25, 0.3) is 0 Å². The van der Waals surface area contributed by atoms with Gasteiger partial charge in [0.15, 0.2) is 0 Å². The molecule has 2 heterocycles. The standard InChI is InChI=1S/C12H17N3S/c1-3-15-9-11(8-14-15)7-13-10(2)12-5-4-6-16-12/h4-6,8-10,13H,3,7H2,1-2H3. The fourth-order valence-electron chi connectivity index (χ4n) is 1.58. The second-order valence-electron chi connectivity index (χ2n) is 3.82. The maximum Gasteiger partial charge on any atom is 0.0534 e. The lowest BCUT2D eigenvalue weighted by molar-refractivity contribution is 0.582. The highest BCUT2D eigenvalue weighted by Gasteiger charge is 2.05. The zero-order valence-electron chi connectivity index (χ0n) is 9.68. The summed E-state index contributed by atoms with van der Waals surface area (Å²) in [7, 11) is 0. The molecule has 0 bridgehead atoms. The summed E-state index contributed by atoms with van der Waals surface area (Å²) in [5.41, 5.74) is 1.24.